The van der Waals surface area contributed by atoms with E-state index in [1.165, 1.54) is 12.8 Å². The number of nitrogens with zero attached hydrogens (tertiary/aromatic N) is 3. The maximum absolute atomic E-state index is 11.9. The first-order valence-electron chi connectivity index (χ1n) is 7.64. The molecule has 1 amide bonds. The summed E-state index contributed by atoms with van der Waals surface area (Å²) in [7, 11) is 0. The number of amides is 1. The second-order valence-corrected chi connectivity index (χ2v) is 5.89. The maximum Gasteiger partial charge on any atom is 0.227 e. The molecule has 1 aromatic heterocycles. The molecule has 21 heavy (non-hydrogen) atoms. The fourth-order valence-corrected chi connectivity index (χ4v) is 2.85. The van der Waals surface area contributed by atoms with Gasteiger partial charge in [0.2, 0.25) is 5.91 Å². The first-order chi connectivity index (χ1) is 10.3. The zero-order chi connectivity index (χ0) is 14.2. The highest BCUT2D eigenvalue weighted by Crippen LogP contribution is 2.31. The van der Waals surface area contributed by atoms with Crippen LogP contribution in [0.3, 0.4) is 0 Å². The fraction of sp³-hybridized carbons (Fsp3) is 0.438. The van der Waals surface area contributed by atoms with Crippen LogP contribution in [0.2, 0.25) is 0 Å². The Morgan fingerprint density at radius 1 is 1.24 bits per heavy atom. The van der Waals surface area contributed by atoms with E-state index < -0.39 is 0 Å². The van der Waals surface area contributed by atoms with Crippen LogP contribution in [0.1, 0.15) is 31.5 Å². The summed E-state index contributed by atoms with van der Waals surface area (Å²) in [5.41, 5.74) is 1.86. The van der Waals surface area contributed by atoms with E-state index in [-0.39, 0.29) is 11.8 Å². The van der Waals surface area contributed by atoms with Crippen LogP contribution in [-0.2, 0) is 17.8 Å². The van der Waals surface area contributed by atoms with Gasteiger partial charge in [0.05, 0.1) is 0 Å². The van der Waals surface area contributed by atoms with Crippen LogP contribution in [0, 0.1) is 5.92 Å². The average Bonchev–Trinajstić information content (AvgIpc) is 3.27. The van der Waals surface area contributed by atoms with Crippen LogP contribution in [0.15, 0.2) is 24.3 Å². The zero-order valence-corrected chi connectivity index (χ0v) is 11.9. The van der Waals surface area contributed by atoms with E-state index in [9.17, 15) is 4.79 Å². The van der Waals surface area contributed by atoms with E-state index >= 15 is 0 Å². The number of carbonyl (C=O) groups excluding carboxylic acids is 1. The summed E-state index contributed by atoms with van der Waals surface area (Å²) in [6, 6.07) is 7.91. The van der Waals surface area contributed by atoms with Gasteiger partial charge in [0, 0.05) is 30.1 Å². The van der Waals surface area contributed by atoms with Gasteiger partial charge in [-0.15, -0.1) is 10.2 Å². The van der Waals surface area contributed by atoms with Crippen molar-refractivity contribution in [3.05, 3.63) is 30.1 Å². The largest absolute Gasteiger partial charge is 0.326 e. The van der Waals surface area contributed by atoms with Crippen molar-refractivity contribution in [2.45, 2.75) is 38.6 Å². The normalized spacial score (nSPS) is 17.3. The number of benzene rings is 1. The van der Waals surface area contributed by atoms with Crippen molar-refractivity contribution in [2.24, 2.45) is 5.92 Å². The number of anilines is 1. The summed E-state index contributed by atoms with van der Waals surface area (Å²) < 4.78 is 2.20. The number of aromatic nitrogens is 3. The van der Waals surface area contributed by atoms with Crippen LogP contribution in [0.5, 0.6) is 0 Å². The highest BCUT2D eigenvalue weighted by Gasteiger charge is 2.29. The van der Waals surface area contributed by atoms with E-state index in [2.05, 4.69) is 20.1 Å². The second-order valence-electron chi connectivity index (χ2n) is 5.89. The number of hydrogen-bond donors (Lipinski definition) is 1. The molecule has 1 fully saturated rings. The van der Waals surface area contributed by atoms with Gasteiger partial charge >= 0.3 is 0 Å². The zero-order valence-electron chi connectivity index (χ0n) is 11.9. The Hall–Kier alpha value is -2.17. The highest BCUT2D eigenvalue weighted by molar-refractivity contribution is 5.94. The predicted molar refractivity (Wildman–Crippen MR) is 79.7 cm³/mol. The van der Waals surface area contributed by atoms with Gasteiger partial charge in [0.1, 0.15) is 5.82 Å². The molecule has 0 saturated heterocycles. The Morgan fingerprint density at radius 2 is 2.14 bits per heavy atom. The van der Waals surface area contributed by atoms with Gasteiger partial charge in [-0.3, -0.25) is 4.79 Å². The molecular formula is C16H18N4O. The molecule has 1 aliphatic carbocycles. The summed E-state index contributed by atoms with van der Waals surface area (Å²) >= 11 is 0. The molecular weight excluding hydrogens is 264 g/mol. The molecule has 0 bridgehead atoms. The van der Waals surface area contributed by atoms with Crippen molar-refractivity contribution < 1.29 is 4.79 Å². The van der Waals surface area contributed by atoms with Gasteiger partial charge in [-0.25, -0.2) is 0 Å². The number of aryl methyl sites for hydroxylation is 1. The van der Waals surface area contributed by atoms with E-state index in [4.69, 9.17) is 0 Å². The Kier molecular flexibility index (Phi) is 2.98. The van der Waals surface area contributed by atoms with Crippen LogP contribution in [0.4, 0.5) is 5.69 Å². The molecule has 2 heterocycles. The van der Waals surface area contributed by atoms with Gasteiger partial charge in [-0.05, 0) is 37.8 Å². The van der Waals surface area contributed by atoms with Gasteiger partial charge in [0.25, 0.3) is 0 Å². The summed E-state index contributed by atoms with van der Waals surface area (Å²) in [5, 5.41) is 11.6. The molecule has 2 aromatic rings. The van der Waals surface area contributed by atoms with Crippen LogP contribution >= 0.6 is 0 Å². The van der Waals surface area contributed by atoms with Crippen LogP contribution < -0.4 is 5.32 Å². The third kappa shape index (κ3) is 2.44. The van der Waals surface area contributed by atoms with Crippen LogP contribution in [0.25, 0.3) is 11.4 Å². The molecule has 5 nitrogen and oxygen atoms in total. The molecule has 5 heteroatoms. The fourth-order valence-electron chi connectivity index (χ4n) is 2.85. The van der Waals surface area contributed by atoms with Gasteiger partial charge in [0.15, 0.2) is 5.82 Å². The number of rotatable bonds is 3. The van der Waals surface area contributed by atoms with Crippen molar-refractivity contribution in [2.75, 3.05) is 5.32 Å². The SMILES string of the molecule is O=C(Nc1cccc(-c2nnc3n2CCCC3)c1)C1CC1. The molecule has 0 unspecified atom stereocenters. The van der Waals surface area contributed by atoms with E-state index in [0.29, 0.717) is 0 Å². The van der Waals surface area contributed by atoms with E-state index in [1.807, 2.05) is 24.3 Å². The molecule has 0 radical (unpaired) electrons. The first kappa shape index (κ1) is 12.6. The quantitative estimate of drug-likeness (QED) is 0.941. The van der Waals surface area contributed by atoms with Crippen molar-refractivity contribution >= 4 is 11.6 Å². The second kappa shape index (κ2) is 4.98. The van der Waals surface area contributed by atoms with Crippen molar-refractivity contribution in [1.82, 2.24) is 14.8 Å². The van der Waals surface area contributed by atoms with Gasteiger partial charge in [-0.1, -0.05) is 12.1 Å². The molecule has 4 rings (SSSR count). The third-order valence-electron chi connectivity index (χ3n) is 4.20. The predicted octanol–water partition coefficient (Wildman–Crippen LogP) is 2.63. The average molecular weight is 282 g/mol. The first-order valence-corrected chi connectivity index (χ1v) is 7.64. The lowest BCUT2D eigenvalue weighted by Gasteiger charge is -2.15. The lowest BCUT2D eigenvalue weighted by atomic mass is 10.1. The molecule has 2 aliphatic rings. The molecule has 1 aromatic carbocycles. The van der Waals surface area contributed by atoms with Gasteiger partial charge < -0.3 is 9.88 Å². The molecule has 1 aliphatic heterocycles. The van der Waals surface area contributed by atoms with E-state index in [0.717, 1.165) is 48.7 Å². The molecule has 108 valence electrons. The standard InChI is InChI=1S/C16H18N4O/c21-16(11-7-8-11)17-13-5-3-4-12(10-13)15-19-18-14-6-1-2-9-20(14)15/h3-5,10-11H,1-2,6-9H2,(H,17,21). The lowest BCUT2D eigenvalue weighted by molar-refractivity contribution is -0.117. The molecule has 0 spiro atoms. The Balaban J connectivity index is 1.62. The third-order valence-corrected chi connectivity index (χ3v) is 4.20. The minimum absolute atomic E-state index is 0.135. The summed E-state index contributed by atoms with van der Waals surface area (Å²) in [6.07, 6.45) is 5.41. The Labute approximate surface area is 123 Å². The molecule has 1 N–H and O–H groups in total. The van der Waals surface area contributed by atoms with Crippen molar-refractivity contribution in [3.63, 3.8) is 0 Å². The van der Waals surface area contributed by atoms with Crippen molar-refractivity contribution in [1.29, 1.82) is 0 Å². The number of nitrogens with one attached hydrogen (secondary N) is 1. The summed E-state index contributed by atoms with van der Waals surface area (Å²) in [4.78, 5) is 11.9. The highest BCUT2D eigenvalue weighted by atomic mass is 16.2. The van der Waals surface area contributed by atoms with Crippen LogP contribution in [-0.4, -0.2) is 20.7 Å². The van der Waals surface area contributed by atoms with Crippen molar-refractivity contribution in [3.8, 4) is 11.4 Å². The molecule has 0 atom stereocenters. The van der Waals surface area contributed by atoms with Gasteiger partial charge in [-0.2, -0.15) is 0 Å². The maximum atomic E-state index is 11.9. The molecule has 1 saturated carbocycles. The Morgan fingerprint density at radius 3 is 3.00 bits per heavy atom. The number of carbonyl (C=O) groups is 1. The minimum atomic E-state index is 0.135. The lowest BCUT2D eigenvalue weighted by Crippen LogP contribution is -2.13. The smallest absolute Gasteiger partial charge is 0.227 e. The summed E-state index contributed by atoms with van der Waals surface area (Å²) in [5.74, 6) is 2.33. The number of fused-ring (bicyclic) bond motifs is 1. The van der Waals surface area contributed by atoms with E-state index in [1.54, 1.807) is 0 Å². The summed E-state index contributed by atoms with van der Waals surface area (Å²) in [6.45, 7) is 0.982. The topological polar surface area (TPSA) is 59.8 Å². The minimum Gasteiger partial charge on any atom is -0.326 e. The Bertz CT molecular complexity index is 687. The number of hydrogen-bond acceptors (Lipinski definition) is 3. The monoisotopic (exact) mass is 282 g/mol.